The van der Waals surface area contributed by atoms with Gasteiger partial charge in [0.2, 0.25) is 0 Å². The first-order valence-corrected chi connectivity index (χ1v) is 6.05. The summed E-state index contributed by atoms with van der Waals surface area (Å²) in [6, 6.07) is 4.36. The van der Waals surface area contributed by atoms with Gasteiger partial charge in [0.05, 0.1) is 0 Å². The lowest BCUT2D eigenvalue weighted by molar-refractivity contribution is 0.408. The van der Waals surface area contributed by atoms with Gasteiger partial charge in [0.1, 0.15) is 11.5 Å². The molecule has 82 valence electrons. The van der Waals surface area contributed by atoms with Gasteiger partial charge in [-0.1, -0.05) is 6.92 Å². The first-order chi connectivity index (χ1) is 7.25. The number of hydrogen-bond donors (Lipinski definition) is 1. The molecular weight excluding hydrogens is 186 g/mol. The lowest BCUT2D eigenvalue weighted by atomic mass is 10.00. The molecule has 0 saturated heterocycles. The highest BCUT2D eigenvalue weighted by atomic mass is 16.3. The molecule has 1 aromatic heterocycles. The van der Waals surface area contributed by atoms with Crippen LogP contribution in [0, 0.1) is 5.92 Å². The number of hydrogen-bond acceptors (Lipinski definition) is 2. The van der Waals surface area contributed by atoms with Gasteiger partial charge in [-0.15, -0.1) is 0 Å². The third-order valence-corrected chi connectivity index (χ3v) is 4.10. The third kappa shape index (κ3) is 1.51. The van der Waals surface area contributed by atoms with Crippen LogP contribution in [0.3, 0.4) is 0 Å². The zero-order chi connectivity index (χ0) is 10.5. The highest BCUT2D eigenvalue weighted by Crippen LogP contribution is 2.53. The summed E-state index contributed by atoms with van der Waals surface area (Å²) >= 11 is 0. The Kier molecular flexibility index (Phi) is 1.96. The summed E-state index contributed by atoms with van der Waals surface area (Å²) in [6.45, 7) is 3.06. The highest BCUT2D eigenvalue weighted by molar-refractivity contribution is 5.27. The molecule has 2 nitrogen and oxygen atoms in total. The van der Waals surface area contributed by atoms with Crippen molar-refractivity contribution in [1.82, 2.24) is 0 Å². The molecule has 2 heteroatoms. The van der Waals surface area contributed by atoms with Gasteiger partial charge >= 0.3 is 0 Å². The molecular formula is C13H19NO. The van der Waals surface area contributed by atoms with Crippen LogP contribution in [0.15, 0.2) is 16.5 Å². The summed E-state index contributed by atoms with van der Waals surface area (Å²) in [4.78, 5) is 0. The van der Waals surface area contributed by atoms with E-state index in [1.807, 2.05) is 0 Å². The second-order valence-corrected chi connectivity index (χ2v) is 5.34. The fraction of sp³-hybridized carbons (Fsp3) is 0.692. The Morgan fingerprint density at radius 2 is 2.20 bits per heavy atom. The topological polar surface area (TPSA) is 39.2 Å². The molecule has 0 aromatic carbocycles. The van der Waals surface area contributed by atoms with Crippen molar-refractivity contribution in [2.45, 2.75) is 43.9 Å². The molecule has 2 unspecified atom stereocenters. The average Bonchev–Trinajstić information content (AvgIpc) is 3.10. The van der Waals surface area contributed by atoms with Gasteiger partial charge in [-0.25, -0.2) is 0 Å². The van der Waals surface area contributed by atoms with E-state index in [2.05, 4.69) is 19.1 Å². The van der Waals surface area contributed by atoms with Crippen LogP contribution in [0.25, 0.3) is 0 Å². The summed E-state index contributed by atoms with van der Waals surface area (Å²) in [6.07, 6.45) is 4.91. The van der Waals surface area contributed by atoms with Crippen LogP contribution in [0.2, 0.25) is 0 Å². The van der Waals surface area contributed by atoms with Gasteiger partial charge < -0.3 is 10.2 Å². The van der Waals surface area contributed by atoms with Gasteiger partial charge in [-0.3, -0.25) is 0 Å². The largest absolute Gasteiger partial charge is 0.465 e. The smallest absolute Gasteiger partial charge is 0.110 e. The quantitative estimate of drug-likeness (QED) is 0.821. The van der Waals surface area contributed by atoms with E-state index in [4.69, 9.17) is 10.2 Å². The summed E-state index contributed by atoms with van der Waals surface area (Å²) < 4.78 is 6.00. The maximum absolute atomic E-state index is 6.00. The van der Waals surface area contributed by atoms with Crippen molar-refractivity contribution in [2.24, 2.45) is 11.7 Å². The molecule has 1 aromatic rings. The normalized spacial score (nSPS) is 31.6. The van der Waals surface area contributed by atoms with E-state index in [9.17, 15) is 0 Å². The molecule has 0 aliphatic heterocycles. The van der Waals surface area contributed by atoms with Crippen LogP contribution in [0.1, 0.15) is 50.0 Å². The minimum absolute atomic E-state index is 0.325. The average molecular weight is 205 g/mol. The molecule has 2 atom stereocenters. The molecule has 2 aliphatic rings. The molecule has 2 fully saturated rings. The third-order valence-electron chi connectivity index (χ3n) is 4.10. The fourth-order valence-corrected chi connectivity index (χ4v) is 2.60. The van der Waals surface area contributed by atoms with E-state index in [1.165, 1.54) is 30.8 Å². The maximum atomic E-state index is 6.00. The van der Waals surface area contributed by atoms with E-state index in [1.54, 1.807) is 0 Å². The molecule has 2 saturated carbocycles. The summed E-state index contributed by atoms with van der Waals surface area (Å²) in [5, 5.41) is 0. The Morgan fingerprint density at radius 3 is 2.73 bits per heavy atom. The Labute approximate surface area is 90.8 Å². The zero-order valence-electron chi connectivity index (χ0n) is 9.33. The molecule has 2 aliphatic carbocycles. The van der Waals surface area contributed by atoms with Crippen molar-refractivity contribution in [3.8, 4) is 0 Å². The SMILES string of the molecule is CC1CC1c1ccc(C2(CCN)CC2)o1. The molecule has 15 heavy (non-hydrogen) atoms. The molecule has 1 heterocycles. The number of furan rings is 1. The predicted octanol–water partition coefficient (Wildman–Crippen LogP) is 2.78. The van der Waals surface area contributed by atoms with E-state index >= 15 is 0 Å². The number of rotatable bonds is 4. The Hall–Kier alpha value is -0.760. The van der Waals surface area contributed by atoms with E-state index in [0.29, 0.717) is 11.3 Å². The van der Waals surface area contributed by atoms with Crippen molar-refractivity contribution in [3.63, 3.8) is 0 Å². The van der Waals surface area contributed by atoms with Gasteiger partial charge in [0, 0.05) is 11.3 Å². The second-order valence-electron chi connectivity index (χ2n) is 5.34. The minimum atomic E-state index is 0.325. The van der Waals surface area contributed by atoms with Gasteiger partial charge in [0.25, 0.3) is 0 Å². The van der Waals surface area contributed by atoms with E-state index in [0.717, 1.165) is 18.9 Å². The molecule has 0 spiro atoms. The molecule has 2 N–H and O–H groups in total. The van der Waals surface area contributed by atoms with Crippen LogP contribution in [0.5, 0.6) is 0 Å². The van der Waals surface area contributed by atoms with Crippen LogP contribution < -0.4 is 5.73 Å². The van der Waals surface area contributed by atoms with Crippen molar-refractivity contribution in [1.29, 1.82) is 0 Å². The monoisotopic (exact) mass is 205 g/mol. The standard InChI is InChI=1S/C13H19NO/c1-9-8-10(9)11-2-3-12(15-11)13(4-5-13)6-7-14/h2-3,9-10H,4-8,14H2,1H3. The Morgan fingerprint density at radius 1 is 1.47 bits per heavy atom. The number of nitrogens with two attached hydrogens (primary N) is 1. The lowest BCUT2D eigenvalue weighted by Gasteiger charge is -2.09. The predicted molar refractivity (Wildman–Crippen MR) is 59.8 cm³/mol. The highest BCUT2D eigenvalue weighted by Gasteiger charge is 2.47. The van der Waals surface area contributed by atoms with E-state index in [-0.39, 0.29) is 0 Å². The van der Waals surface area contributed by atoms with Gasteiger partial charge in [0.15, 0.2) is 0 Å². The van der Waals surface area contributed by atoms with E-state index < -0.39 is 0 Å². The summed E-state index contributed by atoms with van der Waals surface area (Å²) in [7, 11) is 0. The molecule has 0 amide bonds. The second kappa shape index (κ2) is 3.11. The van der Waals surface area contributed by atoms with Gasteiger partial charge in [-0.2, -0.15) is 0 Å². The van der Waals surface area contributed by atoms with Crippen LogP contribution in [-0.2, 0) is 5.41 Å². The minimum Gasteiger partial charge on any atom is -0.465 e. The zero-order valence-corrected chi connectivity index (χ0v) is 9.33. The Bertz CT molecular complexity index is 364. The summed E-state index contributed by atoms with van der Waals surface area (Å²) in [5.41, 5.74) is 5.98. The lowest BCUT2D eigenvalue weighted by Crippen LogP contribution is -2.12. The maximum Gasteiger partial charge on any atom is 0.110 e. The first kappa shape index (κ1) is 9.46. The molecule has 0 radical (unpaired) electrons. The van der Waals surface area contributed by atoms with Crippen molar-refractivity contribution < 1.29 is 4.42 Å². The van der Waals surface area contributed by atoms with Crippen molar-refractivity contribution >= 4 is 0 Å². The van der Waals surface area contributed by atoms with Crippen LogP contribution in [0.4, 0.5) is 0 Å². The van der Waals surface area contributed by atoms with Crippen molar-refractivity contribution in [3.05, 3.63) is 23.7 Å². The molecule has 3 rings (SSSR count). The first-order valence-electron chi connectivity index (χ1n) is 6.05. The summed E-state index contributed by atoms with van der Waals surface area (Å²) in [5.74, 6) is 3.93. The fourth-order valence-electron chi connectivity index (χ4n) is 2.60. The van der Waals surface area contributed by atoms with Crippen LogP contribution in [-0.4, -0.2) is 6.54 Å². The molecule has 0 bridgehead atoms. The van der Waals surface area contributed by atoms with Gasteiger partial charge in [-0.05, 0) is 50.3 Å². The Balaban J connectivity index is 1.78. The van der Waals surface area contributed by atoms with Crippen molar-refractivity contribution in [2.75, 3.05) is 6.54 Å². The van der Waals surface area contributed by atoms with Crippen LogP contribution >= 0.6 is 0 Å².